The first kappa shape index (κ1) is 10.1. The zero-order valence-corrected chi connectivity index (χ0v) is 7.25. The van der Waals surface area contributed by atoms with Crippen LogP contribution in [0.4, 0.5) is 4.39 Å². The summed E-state index contributed by atoms with van der Waals surface area (Å²) in [4.78, 5) is 21.8. The molecule has 13 heavy (non-hydrogen) atoms. The third-order valence-corrected chi connectivity index (χ3v) is 2.25. The summed E-state index contributed by atoms with van der Waals surface area (Å²) in [6, 6.07) is -0.834. The van der Waals surface area contributed by atoms with Gasteiger partial charge in [0.1, 0.15) is 6.67 Å². The minimum Gasteiger partial charge on any atom is -0.356 e. The van der Waals surface area contributed by atoms with Gasteiger partial charge in [-0.15, -0.1) is 0 Å². The zero-order valence-electron chi connectivity index (χ0n) is 7.25. The van der Waals surface area contributed by atoms with Crippen LogP contribution in [-0.2, 0) is 9.59 Å². The molecule has 0 spiro atoms. The molecule has 1 heterocycles. The van der Waals surface area contributed by atoms with Gasteiger partial charge in [0.2, 0.25) is 5.91 Å². The van der Waals surface area contributed by atoms with Crippen molar-refractivity contribution >= 4 is 11.7 Å². The van der Waals surface area contributed by atoms with Gasteiger partial charge in [-0.25, -0.2) is 4.39 Å². The molecule has 1 amide bonds. The Balaban J connectivity index is 2.39. The Morgan fingerprint density at radius 3 is 2.92 bits per heavy atom. The Morgan fingerprint density at radius 2 is 2.46 bits per heavy atom. The van der Waals surface area contributed by atoms with Crippen molar-refractivity contribution in [2.75, 3.05) is 13.2 Å². The first-order valence-electron chi connectivity index (χ1n) is 4.27. The van der Waals surface area contributed by atoms with Crippen LogP contribution in [0.2, 0.25) is 0 Å². The quantitative estimate of drug-likeness (QED) is 0.617. The standard InChI is InChI=1S/C8H13FN2O2/c9-4-7(12)6(10)3-5-1-2-11-8(5)13/h5-6H,1-4,10H2,(H,11,13)/t5-,6-/m0/s1. The maximum absolute atomic E-state index is 11.9. The third kappa shape index (κ3) is 2.48. The topological polar surface area (TPSA) is 72.2 Å². The number of alkyl halides is 1. The van der Waals surface area contributed by atoms with E-state index in [1.165, 1.54) is 0 Å². The van der Waals surface area contributed by atoms with Gasteiger partial charge in [-0.3, -0.25) is 9.59 Å². The van der Waals surface area contributed by atoms with E-state index in [1.54, 1.807) is 0 Å². The van der Waals surface area contributed by atoms with Gasteiger partial charge in [-0.05, 0) is 12.8 Å². The molecule has 1 saturated heterocycles. The number of hydrogen-bond acceptors (Lipinski definition) is 3. The first-order valence-corrected chi connectivity index (χ1v) is 4.27. The Hall–Kier alpha value is -0.970. The van der Waals surface area contributed by atoms with E-state index in [2.05, 4.69) is 5.32 Å². The predicted octanol–water partition coefficient (Wildman–Crippen LogP) is -0.622. The lowest BCUT2D eigenvalue weighted by molar-refractivity contribution is -0.124. The van der Waals surface area contributed by atoms with Gasteiger partial charge in [-0.1, -0.05) is 0 Å². The molecule has 0 radical (unpaired) electrons. The van der Waals surface area contributed by atoms with Crippen LogP contribution in [0, 0.1) is 5.92 Å². The van der Waals surface area contributed by atoms with Crippen molar-refractivity contribution in [1.82, 2.24) is 5.32 Å². The van der Waals surface area contributed by atoms with E-state index in [-0.39, 0.29) is 18.2 Å². The Labute approximate surface area is 75.7 Å². The number of carbonyl (C=O) groups is 2. The van der Waals surface area contributed by atoms with Crippen LogP contribution < -0.4 is 11.1 Å². The molecule has 1 fully saturated rings. The lowest BCUT2D eigenvalue weighted by atomic mass is 9.97. The highest BCUT2D eigenvalue weighted by molar-refractivity contribution is 5.86. The van der Waals surface area contributed by atoms with Crippen molar-refractivity contribution in [2.45, 2.75) is 18.9 Å². The number of Topliss-reactive ketones (excluding diaryl/α,β-unsaturated/α-hetero) is 1. The van der Waals surface area contributed by atoms with Gasteiger partial charge in [-0.2, -0.15) is 0 Å². The molecule has 2 atom stereocenters. The second kappa shape index (κ2) is 4.32. The molecule has 3 N–H and O–H groups in total. The number of hydrogen-bond donors (Lipinski definition) is 2. The molecule has 0 aromatic heterocycles. The molecular weight excluding hydrogens is 175 g/mol. The summed E-state index contributed by atoms with van der Waals surface area (Å²) in [7, 11) is 0. The van der Waals surface area contributed by atoms with Crippen LogP contribution in [0.5, 0.6) is 0 Å². The molecule has 0 bridgehead atoms. The molecule has 0 aromatic carbocycles. The highest BCUT2D eigenvalue weighted by Crippen LogP contribution is 2.15. The molecule has 74 valence electrons. The first-order chi connectivity index (χ1) is 6.15. The molecule has 0 saturated carbocycles. The molecule has 0 unspecified atom stereocenters. The van der Waals surface area contributed by atoms with Crippen molar-refractivity contribution < 1.29 is 14.0 Å². The van der Waals surface area contributed by atoms with Gasteiger partial charge in [0, 0.05) is 12.5 Å². The van der Waals surface area contributed by atoms with E-state index in [0.717, 1.165) is 0 Å². The highest BCUT2D eigenvalue weighted by Gasteiger charge is 2.28. The zero-order chi connectivity index (χ0) is 9.84. The van der Waals surface area contributed by atoms with Crippen LogP contribution in [0.3, 0.4) is 0 Å². The minimum absolute atomic E-state index is 0.0814. The fourth-order valence-corrected chi connectivity index (χ4v) is 1.41. The van der Waals surface area contributed by atoms with Crippen LogP contribution in [-0.4, -0.2) is 31.0 Å². The summed E-state index contributed by atoms with van der Waals surface area (Å²) in [5.74, 6) is -0.924. The largest absolute Gasteiger partial charge is 0.356 e. The third-order valence-electron chi connectivity index (χ3n) is 2.25. The fraction of sp³-hybridized carbons (Fsp3) is 0.750. The van der Waals surface area contributed by atoms with E-state index in [9.17, 15) is 14.0 Å². The maximum atomic E-state index is 11.9. The summed E-state index contributed by atoms with van der Waals surface area (Å²) in [6.45, 7) is -0.421. The minimum atomic E-state index is -1.05. The van der Waals surface area contributed by atoms with E-state index in [0.29, 0.717) is 13.0 Å². The Bertz CT molecular complexity index is 220. The van der Waals surface area contributed by atoms with E-state index in [4.69, 9.17) is 5.73 Å². The van der Waals surface area contributed by atoms with Gasteiger partial charge in [0.25, 0.3) is 0 Å². The van der Waals surface area contributed by atoms with Crippen molar-refractivity contribution in [2.24, 2.45) is 11.7 Å². The summed E-state index contributed by atoms with van der Waals surface area (Å²) in [5, 5.41) is 2.63. The molecule has 0 aromatic rings. The highest BCUT2D eigenvalue weighted by atomic mass is 19.1. The van der Waals surface area contributed by atoms with Crippen molar-refractivity contribution in [3.05, 3.63) is 0 Å². The summed E-state index contributed by atoms with van der Waals surface area (Å²) < 4.78 is 11.9. The van der Waals surface area contributed by atoms with Gasteiger partial charge in [0.15, 0.2) is 5.78 Å². The normalized spacial score (nSPS) is 24.2. The molecule has 1 aliphatic rings. The number of halogens is 1. The summed E-state index contributed by atoms with van der Waals surface area (Å²) in [5.41, 5.74) is 5.40. The van der Waals surface area contributed by atoms with Crippen LogP contribution in [0.15, 0.2) is 0 Å². The SMILES string of the molecule is N[C@@H](C[C@@H]1CCNC1=O)C(=O)CF. The predicted molar refractivity (Wildman–Crippen MR) is 44.7 cm³/mol. The second-order valence-corrected chi connectivity index (χ2v) is 3.22. The average molecular weight is 188 g/mol. The molecular formula is C8H13FN2O2. The Kier molecular flexibility index (Phi) is 3.36. The van der Waals surface area contributed by atoms with Gasteiger partial charge < -0.3 is 11.1 Å². The molecule has 1 rings (SSSR count). The molecule has 5 heteroatoms. The number of nitrogens with two attached hydrogens (primary N) is 1. The maximum Gasteiger partial charge on any atom is 0.223 e. The number of nitrogens with one attached hydrogen (secondary N) is 1. The fourth-order valence-electron chi connectivity index (χ4n) is 1.41. The summed E-state index contributed by atoms with van der Waals surface area (Å²) in [6.07, 6.45) is 0.945. The van der Waals surface area contributed by atoms with E-state index < -0.39 is 18.5 Å². The lowest BCUT2D eigenvalue weighted by Crippen LogP contribution is -2.35. The van der Waals surface area contributed by atoms with E-state index in [1.807, 2.05) is 0 Å². The van der Waals surface area contributed by atoms with Gasteiger partial charge in [0.05, 0.1) is 6.04 Å². The van der Waals surface area contributed by atoms with Crippen molar-refractivity contribution in [1.29, 1.82) is 0 Å². The molecule has 1 aliphatic heterocycles. The molecule has 0 aliphatic carbocycles. The average Bonchev–Trinajstić information content (AvgIpc) is 2.50. The smallest absolute Gasteiger partial charge is 0.223 e. The number of carbonyl (C=O) groups excluding carboxylic acids is 2. The van der Waals surface area contributed by atoms with Gasteiger partial charge >= 0.3 is 0 Å². The number of amides is 1. The van der Waals surface area contributed by atoms with Crippen molar-refractivity contribution in [3.8, 4) is 0 Å². The van der Waals surface area contributed by atoms with Crippen LogP contribution in [0.1, 0.15) is 12.8 Å². The number of rotatable bonds is 4. The Morgan fingerprint density at radius 1 is 1.77 bits per heavy atom. The van der Waals surface area contributed by atoms with Crippen LogP contribution in [0.25, 0.3) is 0 Å². The summed E-state index contributed by atoms with van der Waals surface area (Å²) >= 11 is 0. The second-order valence-electron chi connectivity index (χ2n) is 3.22. The van der Waals surface area contributed by atoms with Crippen LogP contribution >= 0.6 is 0 Å². The lowest BCUT2D eigenvalue weighted by Gasteiger charge is -2.11. The monoisotopic (exact) mass is 188 g/mol. The molecule has 4 nitrogen and oxygen atoms in total. The van der Waals surface area contributed by atoms with E-state index >= 15 is 0 Å². The van der Waals surface area contributed by atoms with Crippen molar-refractivity contribution in [3.63, 3.8) is 0 Å². The number of ketones is 1.